The molecule has 5 heavy (non-hydrogen) atoms. The van der Waals surface area contributed by atoms with Crippen LogP contribution in [0.2, 0.25) is 5.28 Å². The fourth-order valence-corrected chi connectivity index (χ4v) is 0. The largest absolute Gasteiger partial charge is 0.269 e. The zero-order valence-corrected chi connectivity index (χ0v) is 4.55. The second kappa shape index (κ2) is 8.82. The van der Waals surface area contributed by atoms with Crippen LogP contribution in [0, 0.1) is 0 Å². The minimum atomic E-state index is 0. The zero-order chi connectivity index (χ0) is 3.41. The molecule has 0 saturated carbocycles. The molecule has 0 saturated heterocycles. The Balaban J connectivity index is 0. The molecular weight excluding hydrogens is 82.0 g/mol. The topological polar surface area (TPSA) is 0 Å². The van der Waals surface area contributed by atoms with Gasteiger partial charge in [-0.05, 0) is 0 Å². The first-order valence-electron chi connectivity index (χ1n) is 1.62. The average Bonchev–Trinajstić information content (AvgIpc) is 1.37. The van der Waals surface area contributed by atoms with Crippen LogP contribution in [-0.2, 0) is 0 Å². The molecule has 0 unspecified atom stereocenters. The lowest BCUT2D eigenvalue weighted by molar-refractivity contribution is 1.08. The van der Waals surface area contributed by atoms with Gasteiger partial charge >= 0.3 is 0 Å². The van der Waals surface area contributed by atoms with E-state index in [1.165, 1.54) is 11.7 Å². The van der Waals surface area contributed by atoms with Gasteiger partial charge in [-0.3, -0.25) is 4.70 Å². The lowest BCUT2D eigenvalue weighted by Crippen LogP contribution is -1.55. The van der Waals surface area contributed by atoms with Crippen LogP contribution in [0.4, 0.5) is 4.70 Å². The minimum absolute atomic E-state index is 0. The van der Waals surface area contributed by atoms with E-state index in [2.05, 4.69) is 23.2 Å². The number of halogens is 1. The highest BCUT2D eigenvalue weighted by Crippen LogP contribution is 1.73. The summed E-state index contributed by atoms with van der Waals surface area (Å²) < 4.78 is 0. The van der Waals surface area contributed by atoms with Crippen molar-refractivity contribution in [3.63, 3.8) is 0 Å². The summed E-state index contributed by atoms with van der Waals surface area (Å²) >= 11 is 2.66. The van der Waals surface area contributed by atoms with Gasteiger partial charge in [0, 0.05) is 0 Å². The minimum Gasteiger partial charge on any atom is -0.269 e. The van der Waals surface area contributed by atoms with Crippen LogP contribution >= 0.6 is 0 Å². The molecule has 0 aromatic carbocycles. The Labute approximate surface area is 40.4 Å². The summed E-state index contributed by atoms with van der Waals surface area (Å²) in [5.41, 5.74) is 0. The number of hydrogen-bond acceptors (Lipinski definition) is 0. The predicted octanol–water partition coefficient (Wildman–Crippen LogP) is 1.14. The third-order valence-electron chi connectivity index (χ3n) is 0.289. The molecule has 0 atom stereocenters. The summed E-state index contributed by atoms with van der Waals surface area (Å²) in [7, 11) is 0. The van der Waals surface area contributed by atoms with Gasteiger partial charge < -0.3 is 0 Å². The maximum Gasteiger partial charge on any atom is 0.118 e. The van der Waals surface area contributed by atoms with Crippen molar-refractivity contribution in [1.29, 1.82) is 0 Å². The summed E-state index contributed by atoms with van der Waals surface area (Å²) in [6, 6.07) is 0. The molecule has 0 nitrogen and oxygen atoms in total. The van der Waals surface area contributed by atoms with E-state index in [1.54, 1.807) is 0 Å². The van der Waals surface area contributed by atoms with Crippen LogP contribution in [0.1, 0.15) is 13.3 Å². The van der Waals surface area contributed by atoms with E-state index < -0.39 is 0 Å². The normalized spacial score (nSPS) is 5.80. The molecule has 0 rings (SSSR count). The molecule has 0 bridgehead atoms. The lowest BCUT2D eigenvalue weighted by atomic mass is 10.6. The van der Waals surface area contributed by atoms with Crippen molar-refractivity contribution in [3.05, 3.63) is 0 Å². The molecule has 0 spiro atoms. The lowest BCUT2D eigenvalue weighted by Gasteiger charge is -1.68. The Morgan fingerprint density at radius 3 is 1.80 bits per heavy atom. The molecule has 0 fully saturated rings. The molecule has 0 aromatic rings. The fraction of sp³-hybridized carbons (Fsp3) is 1.00. The maximum atomic E-state index is 2.66. The molecule has 0 aliphatic rings. The quantitative estimate of drug-likeness (QED) is 0.423. The Bertz CT molecular complexity index is 8.85. The van der Waals surface area contributed by atoms with Crippen LogP contribution in [0.25, 0.3) is 0 Å². The van der Waals surface area contributed by atoms with Gasteiger partial charge in [-0.15, -0.1) is 5.28 Å². The summed E-state index contributed by atoms with van der Waals surface area (Å²) in [6.07, 6.45) is 1.28. The third kappa shape index (κ3) is 12.7. The van der Waals surface area contributed by atoms with E-state index in [4.69, 9.17) is 0 Å². The second-order valence-corrected chi connectivity index (χ2v) is 1.37. The Morgan fingerprint density at radius 1 is 1.60 bits per heavy atom. The molecule has 2 radical (unpaired) electrons. The van der Waals surface area contributed by atoms with Crippen molar-refractivity contribution in [2.75, 3.05) is 0 Å². The standard InChI is InChI=1S/C3H7.Al.FH/c1-3-2;;/h1,3H2,2H3;;1H. The molecule has 0 aliphatic carbocycles. The van der Waals surface area contributed by atoms with Crippen LogP contribution in [0.15, 0.2) is 0 Å². The molecule has 0 aromatic heterocycles. The van der Waals surface area contributed by atoms with Crippen molar-refractivity contribution in [2.24, 2.45) is 0 Å². The molecule has 0 amide bonds. The van der Waals surface area contributed by atoms with Crippen molar-refractivity contribution in [3.8, 4) is 0 Å². The van der Waals surface area contributed by atoms with Gasteiger partial charge in [-0.25, -0.2) is 0 Å². The van der Waals surface area contributed by atoms with Gasteiger partial charge in [0.25, 0.3) is 0 Å². The molecule has 0 N–H and O–H groups in total. The first-order chi connectivity index (χ1) is 1.91. The highest BCUT2D eigenvalue weighted by Gasteiger charge is 1.56. The molecule has 0 heterocycles. The fourth-order valence-electron chi connectivity index (χ4n) is 0. The highest BCUT2D eigenvalue weighted by atomic mass is 27.0. The van der Waals surface area contributed by atoms with Gasteiger partial charge in [-0.1, -0.05) is 13.3 Å². The van der Waals surface area contributed by atoms with Crippen LogP contribution in [0.5, 0.6) is 0 Å². The molecular formula is C3H8AlF. The Hall–Kier alpha value is 0.462. The summed E-state index contributed by atoms with van der Waals surface area (Å²) in [6.45, 7) is 2.16. The van der Waals surface area contributed by atoms with Gasteiger partial charge in [0.05, 0.1) is 0 Å². The van der Waals surface area contributed by atoms with E-state index in [9.17, 15) is 0 Å². The second-order valence-electron chi connectivity index (χ2n) is 0.789. The van der Waals surface area contributed by atoms with Gasteiger partial charge in [0.15, 0.2) is 0 Å². The highest BCUT2D eigenvalue weighted by molar-refractivity contribution is 6.08. The molecule has 2 heteroatoms. The van der Waals surface area contributed by atoms with Crippen molar-refractivity contribution in [2.45, 2.75) is 18.6 Å². The van der Waals surface area contributed by atoms with E-state index in [-0.39, 0.29) is 4.70 Å². The van der Waals surface area contributed by atoms with Crippen molar-refractivity contribution < 1.29 is 4.70 Å². The Kier molecular flexibility index (Phi) is 16.0. The van der Waals surface area contributed by atoms with E-state index in [0.29, 0.717) is 0 Å². The SMILES string of the molecule is CC[CH2][Al].F. The Morgan fingerprint density at radius 2 is 1.80 bits per heavy atom. The van der Waals surface area contributed by atoms with E-state index in [0.717, 1.165) is 0 Å². The summed E-state index contributed by atoms with van der Waals surface area (Å²) in [4.78, 5) is 0. The number of rotatable bonds is 1. The van der Waals surface area contributed by atoms with E-state index in [1.807, 2.05) is 0 Å². The van der Waals surface area contributed by atoms with Crippen LogP contribution in [0.3, 0.4) is 0 Å². The van der Waals surface area contributed by atoms with Gasteiger partial charge in [-0.2, -0.15) is 0 Å². The summed E-state index contributed by atoms with van der Waals surface area (Å²) in [5, 5.41) is 1.24. The first kappa shape index (κ1) is 9.07. The smallest absolute Gasteiger partial charge is 0.118 e. The monoisotopic (exact) mass is 90.0 g/mol. The van der Waals surface area contributed by atoms with E-state index >= 15 is 0 Å². The van der Waals surface area contributed by atoms with Crippen molar-refractivity contribution in [1.82, 2.24) is 0 Å². The third-order valence-corrected chi connectivity index (χ3v) is 0.866. The van der Waals surface area contributed by atoms with Gasteiger partial charge in [0.1, 0.15) is 16.3 Å². The summed E-state index contributed by atoms with van der Waals surface area (Å²) in [5.74, 6) is 0. The number of hydrogen-bond donors (Lipinski definition) is 0. The average molecular weight is 90.1 g/mol. The van der Waals surface area contributed by atoms with Crippen LogP contribution < -0.4 is 0 Å². The maximum absolute atomic E-state index is 2.66. The molecule has 0 aliphatic heterocycles. The first-order valence-corrected chi connectivity index (χ1v) is 2.43. The zero-order valence-electron chi connectivity index (χ0n) is 3.40. The van der Waals surface area contributed by atoms with Crippen molar-refractivity contribution >= 4 is 16.3 Å². The predicted molar refractivity (Wildman–Crippen MR) is 23.4 cm³/mol. The van der Waals surface area contributed by atoms with Gasteiger partial charge in [0.2, 0.25) is 0 Å². The molecule has 30 valence electrons. The van der Waals surface area contributed by atoms with Crippen LogP contribution in [-0.4, -0.2) is 16.3 Å².